The molecule has 0 fully saturated rings. The van der Waals surface area contributed by atoms with Crippen molar-refractivity contribution in [3.63, 3.8) is 0 Å². The van der Waals surface area contributed by atoms with Crippen LogP contribution < -0.4 is 0 Å². The molecule has 0 N–H and O–H groups in total. The first-order valence-corrected chi connectivity index (χ1v) is 11.0. The zero-order valence-corrected chi connectivity index (χ0v) is 16.4. The number of halogens is 3. The maximum absolute atomic E-state index is 13.5. The predicted molar refractivity (Wildman–Crippen MR) is 104 cm³/mol. The third kappa shape index (κ3) is 10.8. The Bertz CT molecular complexity index is 439. The van der Waals surface area contributed by atoms with Gasteiger partial charge in [-0.3, -0.25) is 0 Å². The van der Waals surface area contributed by atoms with E-state index in [4.69, 9.17) is 0 Å². The van der Waals surface area contributed by atoms with Gasteiger partial charge in [0.05, 0.1) is 0 Å². The Hall–Kier alpha value is -0.640. The van der Waals surface area contributed by atoms with Gasteiger partial charge in [-0.1, -0.05) is 64.7 Å². The second kappa shape index (κ2) is 14.5. The van der Waals surface area contributed by atoms with Gasteiger partial charge in [0.15, 0.2) is 0 Å². The first-order chi connectivity index (χ1) is 12.1. The topological polar surface area (TPSA) is 0 Å². The molecule has 0 heterocycles. The molecule has 0 nitrogen and oxygen atoms in total. The molecule has 0 atom stereocenters. The number of benzene rings is 1. The smallest absolute Gasteiger partial charge is 0.132 e. The van der Waals surface area contributed by atoms with Gasteiger partial charge in [0, 0.05) is 17.7 Å². The summed E-state index contributed by atoms with van der Waals surface area (Å²) in [6, 6.07) is 1.53. The Labute approximate surface area is 156 Å². The minimum atomic E-state index is -0.849. The van der Waals surface area contributed by atoms with Crippen LogP contribution in [-0.2, 0) is 6.42 Å². The highest BCUT2D eigenvalue weighted by Crippen LogP contribution is 2.18. The van der Waals surface area contributed by atoms with Crippen LogP contribution in [0.5, 0.6) is 0 Å². The van der Waals surface area contributed by atoms with Gasteiger partial charge in [0.1, 0.15) is 17.5 Å². The third-order valence-electron chi connectivity index (χ3n) is 4.53. The molecule has 0 bridgehead atoms. The summed E-state index contributed by atoms with van der Waals surface area (Å²) in [6.07, 6.45) is 13.7. The van der Waals surface area contributed by atoms with E-state index in [9.17, 15) is 13.2 Å². The van der Waals surface area contributed by atoms with Gasteiger partial charge in [-0.2, -0.15) is 11.8 Å². The fourth-order valence-electron chi connectivity index (χ4n) is 3.05. The zero-order valence-electron chi connectivity index (χ0n) is 15.6. The SMILES string of the molecule is CCSCCCCCCCCCCCCCc1c(F)cc(F)cc1F. The quantitative estimate of drug-likeness (QED) is 0.284. The molecule has 0 aliphatic rings. The van der Waals surface area contributed by atoms with E-state index < -0.39 is 17.5 Å². The lowest BCUT2D eigenvalue weighted by Crippen LogP contribution is -1.97. The van der Waals surface area contributed by atoms with Gasteiger partial charge in [0.25, 0.3) is 0 Å². The molecule has 0 aliphatic heterocycles. The summed E-state index contributed by atoms with van der Waals surface area (Å²) in [5, 5.41) is 0. The average molecular weight is 375 g/mol. The average Bonchev–Trinajstić information content (AvgIpc) is 2.57. The maximum atomic E-state index is 13.5. The molecule has 0 amide bonds. The lowest BCUT2D eigenvalue weighted by molar-refractivity contribution is 0.511. The summed E-state index contributed by atoms with van der Waals surface area (Å²) in [5.41, 5.74) is 0.0266. The molecule has 1 aromatic rings. The van der Waals surface area contributed by atoms with Gasteiger partial charge in [-0.05, 0) is 30.8 Å². The van der Waals surface area contributed by atoms with Crippen LogP contribution in [-0.4, -0.2) is 11.5 Å². The molecule has 4 heteroatoms. The monoisotopic (exact) mass is 374 g/mol. The standard InChI is InChI=1S/C21H33F3S/c1-2-25-15-13-11-9-7-5-3-4-6-8-10-12-14-19-20(23)16-18(22)17-21(19)24/h16-17H,2-15H2,1H3. The molecule has 25 heavy (non-hydrogen) atoms. The Morgan fingerprint density at radius 3 is 1.60 bits per heavy atom. The van der Waals surface area contributed by atoms with E-state index >= 15 is 0 Å². The van der Waals surface area contributed by atoms with Crippen LogP contribution in [0, 0.1) is 17.5 Å². The van der Waals surface area contributed by atoms with E-state index in [2.05, 4.69) is 6.92 Å². The molecule has 144 valence electrons. The zero-order chi connectivity index (χ0) is 18.3. The Balaban J connectivity index is 1.91. The van der Waals surface area contributed by atoms with E-state index in [1.54, 1.807) is 0 Å². The molecule has 0 radical (unpaired) electrons. The molecular formula is C21H33F3S. The number of thioether (sulfide) groups is 1. The first-order valence-electron chi connectivity index (χ1n) is 9.86. The minimum Gasteiger partial charge on any atom is -0.207 e. The highest BCUT2D eigenvalue weighted by Gasteiger charge is 2.10. The molecule has 1 rings (SSSR count). The van der Waals surface area contributed by atoms with Crippen molar-refractivity contribution < 1.29 is 13.2 Å². The lowest BCUT2D eigenvalue weighted by Gasteiger charge is -2.06. The molecular weight excluding hydrogens is 341 g/mol. The maximum Gasteiger partial charge on any atom is 0.132 e. The van der Waals surface area contributed by atoms with Crippen LogP contribution in [0.4, 0.5) is 13.2 Å². The van der Waals surface area contributed by atoms with Crippen molar-refractivity contribution in [2.45, 2.75) is 84.0 Å². The van der Waals surface area contributed by atoms with Crippen LogP contribution in [0.25, 0.3) is 0 Å². The summed E-state index contributed by atoms with van der Waals surface area (Å²) >= 11 is 2.03. The van der Waals surface area contributed by atoms with Crippen LogP contribution in [0.3, 0.4) is 0 Å². The molecule has 0 aromatic heterocycles. The van der Waals surface area contributed by atoms with Gasteiger partial charge in [0.2, 0.25) is 0 Å². The van der Waals surface area contributed by atoms with Crippen molar-refractivity contribution in [1.82, 2.24) is 0 Å². The largest absolute Gasteiger partial charge is 0.207 e. The summed E-state index contributed by atoms with van der Waals surface area (Å²) in [7, 11) is 0. The van der Waals surface area contributed by atoms with E-state index in [0.717, 1.165) is 31.4 Å². The van der Waals surface area contributed by atoms with Crippen LogP contribution in [0.2, 0.25) is 0 Å². The Morgan fingerprint density at radius 1 is 0.680 bits per heavy atom. The van der Waals surface area contributed by atoms with Crippen molar-refractivity contribution >= 4 is 11.8 Å². The number of unbranched alkanes of at least 4 members (excludes halogenated alkanes) is 10. The lowest BCUT2D eigenvalue weighted by atomic mass is 10.0. The predicted octanol–water partition coefficient (Wildman–Crippen LogP) is 7.69. The molecule has 0 saturated carbocycles. The summed E-state index contributed by atoms with van der Waals surface area (Å²) in [6.45, 7) is 2.21. The molecule has 0 unspecified atom stereocenters. The Kier molecular flexibility index (Phi) is 13.0. The van der Waals surface area contributed by atoms with Crippen LogP contribution in [0.1, 0.15) is 83.1 Å². The number of hydrogen-bond acceptors (Lipinski definition) is 1. The van der Waals surface area contributed by atoms with E-state index in [-0.39, 0.29) is 5.56 Å². The number of rotatable bonds is 15. The first kappa shape index (κ1) is 22.4. The van der Waals surface area contributed by atoms with E-state index in [1.807, 2.05) is 11.8 Å². The Morgan fingerprint density at radius 2 is 1.12 bits per heavy atom. The summed E-state index contributed by atoms with van der Waals surface area (Å²) in [4.78, 5) is 0. The molecule has 0 saturated heterocycles. The van der Waals surface area contributed by atoms with Gasteiger partial charge in [-0.25, -0.2) is 13.2 Å². The van der Waals surface area contributed by atoms with Crippen molar-refractivity contribution in [2.75, 3.05) is 11.5 Å². The minimum absolute atomic E-state index is 0.0266. The molecule has 0 spiro atoms. The van der Waals surface area contributed by atoms with Crippen LogP contribution in [0.15, 0.2) is 12.1 Å². The summed E-state index contributed by atoms with van der Waals surface area (Å²) < 4.78 is 39.8. The summed E-state index contributed by atoms with van der Waals surface area (Å²) in [5.74, 6) is 0.172. The second-order valence-corrected chi connectivity index (χ2v) is 8.08. The van der Waals surface area contributed by atoms with Crippen molar-refractivity contribution in [3.05, 3.63) is 35.1 Å². The van der Waals surface area contributed by atoms with E-state index in [0.29, 0.717) is 6.42 Å². The highest BCUT2D eigenvalue weighted by atomic mass is 32.2. The second-order valence-electron chi connectivity index (χ2n) is 6.68. The third-order valence-corrected chi connectivity index (χ3v) is 5.51. The fraction of sp³-hybridized carbons (Fsp3) is 0.714. The molecule has 1 aromatic carbocycles. The van der Waals surface area contributed by atoms with Gasteiger partial charge < -0.3 is 0 Å². The fourth-order valence-corrected chi connectivity index (χ4v) is 3.75. The van der Waals surface area contributed by atoms with Crippen LogP contribution >= 0.6 is 11.8 Å². The van der Waals surface area contributed by atoms with E-state index in [1.165, 1.54) is 62.9 Å². The normalized spacial score (nSPS) is 11.2. The molecule has 0 aliphatic carbocycles. The highest BCUT2D eigenvalue weighted by molar-refractivity contribution is 7.99. The van der Waals surface area contributed by atoms with Crippen molar-refractivity contribution in [1.29, 1.82) is 0 Å². The van der Waals surface area contributed by atoms with Gasteiger partial charge in [-0.15, -0.1) is 0 Å². The number of hydrogen-bond donors (Lipinski definition) is 0. The van der Waals surface area contributed by atoms with Crippen molar-refractivity contribution in [2.24, 2.45) is 0 Å². The van der Waals surface area contributed by atoms with Gasteiger partial charge >= 0.3 is 0 Å². The van der Waals surface area contributed by atoms with Crippen molar-refractivity contribution in [3.8, 4) is 0 Å².